The fourth-order valence-electron chi connectivity index (χ4n) is 3.51. The summed E-state index contributed by atoms with van der Waals surface area (Å²) in [5.41, 5.74) is 6.38. The molecule has 0 unspecified atom stereocenters. The molecule has 146 valence electrons. The second-order valence-corrected chi connectivity index (χ2v) is 7.62. The summed E-state index contributed by atoms with van der Waals surface area (Å²) < 4.78 is 21.3. The van der Waals surface area contributed by atoms with Crippen molar-refractivity contribution in [2.75, 3.05) is 7.11 Å². The molecule has 4 rings (SSSR count). The van der Waals surface area contributed by atoms with Crippen LogP contribution in [0, 0.1) is 19.7 Å². The van der Waals surface area contributed by atoms with E-state index in [1.807, 2.05) is 24.3 Å². The van der Waals surface area contributed by atoms with Gasteiger partial charge in [0.1, 0.15) is 21.5 Å². The van der Waals surface area contributed by atoms with Crippen LogP contribution in [0.2, 0.25) is 0 Å². The summed E-state index contributed by atoms with van der Waals surface area (Å²) in [6.07, 6.45) is 1.24. The highest BCUT2D eigenvalue weighted by Crippen LogP contribution is 2.37. The summed E-state index contributed by atoms with van der Waals surface area (Å²) in [7, 11) is 1.22. The number of carbonyl (C=O) groups excluding carboxylic acids is 1. The number of hydrogen-bond donors (Lipinski definition) is 0. The largest absolute Gasteiger partial charge is 0.465 e. The Morgan fingerprint density at radius 2 is 1.79 bits per heavy atom. The van der Waals surface area contributed by atoms with Crippen LogP contribution < -0.4 is 0 Å². The van der Waals surface area contributed by atoms with E-state index in [9.17, 15) is 9.18 Å². The van der Waals surface area contributed by atoms with Gasteiger partial charge in [0.05, 0.1) is 7.11 Å². The van der Waals surface area contributed by atoms with Gasteiger partial charge >= 0.3 is 5.97 Å². The molecule has 0 aliphatic carbocycles. The highest BCUT2D eigenvalue weighted by atomic mass is 79.9. The monoisotopic (exact) mass is 452 g/mol. The number of fused-ring (bicyclic) bond motifs is 1. The van der Waals surface area contributed by atoms with E-state index in [2.05, 4.69) is 57.7 Å². The number of aryl methyl sites for hydroxylation is 2. The normalized spacial score (nSPS) is 11.1. The van der Waals surface area contributed by atoms with Gasteiger partial charge in [-0.25, -0.2) is 14.2 Å². The van der Waals surface area contributed by atoms with E-state index < -0.39 is 11.8 Å². The van der Waals surface area contributed by atoms with E-state index in [0.717, 1.165) is 22.3 Å². The van der Waals surface area contributed by atoms with Gasteiger partial charge in [0.2, 0.25) is 0 Å². The molecule has 0 aliphatic rings. The first-order valence-electron chi connectivity index (χ1n) is 9.03. The van der Waals surface area contributed by atoms with Gasteiger partial charge in [-0.1, -0.05) is 48.0 Å². The predicted molar refractivity (Wildman–Crippen MR) is 115 cm³/mol. The minimum Gasteiger partial charge on any atom is -0.465 e. The van der Waals surface area contributed by atoms with Crippen LogP contribution in [0.3, 0.4) is 0 Å². The molecule has 4 aromatic rings. The van der Waals surface area contributed by atoms with Gasteiger partial charge in [0.25, 0.3) is 0 Å². The van der Waals surface area contributed by atoms with Crippen LogP contribution in [-0.2, 0) is 4.74 Å². The number of hydrogen-bond acceptors (Lipinski definition) is 3. The average Bonchev–Trinajstić information content (AvgIpc) is 3.02. The van der Waals surface area contributed by atoms with Crippen molar-refractivity contribution in [3.8, 4) is 22.4 Å². The summed E-state index contributed by atoms with van der Waals surface area (Å²) in [5, 5.41) is 0. The van der Waals surface area contributed by atoms with Crippen LogP contribution in [0.5, 0.6) is 0 Å². The zero-order valence-corrected chi connectivity index (χ0v) is 17.7. The van der Waals surface area contributed by atoms with E-state index in [0.29, 0.717) is 15.9 Å². The summed E-state index contributed by atoms with van der Waals surface area (Å²) in [6, 6.07) is 15.7. The Kier molecular flexibility index (Phi) is 4.96. The van der Waals surface area contributed by atoms with Crippen LogP contribution in [0.25, 0.3) is 28.0 Å². The minimum atomic E-state index is -0.735. The molecule has 2 heterocycles. The van der Waals surface area contributed by atoms with Crippen molar-refractivity contribution in [1.29, 1.82) is 0 Å². The third-order valence-electron chi connectivity index (χ3n) is 4.91. The maximum absolute atomic E-state index is 14.4. The summed E-state index contributed by atoms with van der Waals surface area (Å²) in [5.74, 6) is -1.40. The first-order chi connectivity index (χ1) is 13.9. The standard InChI is InChI=1S/C23H18BrFN2O2/c1-13-8-9-15(14(2)10-13)16-6-4-5-7-17(16)21-22(24)27-12-19(25)18(23(28)29-3)11-20(27)26-21/h4-12H,1-3H3. The van der Waals surface area contributed by atoms with Crippen molar-refractivity contribution < 1.29 is 13.9 Å². The molecule has 6 heteroatoms. The Hall–Kier alpha value is -2.99. The smallest absolute Gasteiger partial charge is 0.341 e. The van der Waals surface area contributed by atoms with Crippen molar-refractivity contribution in [3.63, 3.8) is 0 Å². The SMILES string of the molecule is COC(=O)c1cc2nc(-c3ccccc3-c3ccc(C)cc3C)c(Br)n2cc1F. The second-order valence-electron chi connectivity index (χ2n) is 6.87. The Morgan fingerprint density at radius 1 is 1.07 bits per heavy atom. The molecule has 0 atom stereocenters. The quantitative estimate of drug-likeness (QED) is 0.359. The van der Waals surface area contributed by atoms with Gasteiger partial charge in [0, 0.05) is 11.8 Å². The average molecular weight is 453 g/mol. The third-order valence-corrected chi connectivity index (χ3v) is 5.67. The van der Waals surface area contributed by atoms with Crippen LogP contribution in [-0.4, -0.2) is 22.5 Å². The molecule has 2 aromatic carbocycles. The minimum absolute atomic E-state index is 0.147. The van der Waals surface area contributed by atoms with Crippen molar-refractivity contribution in [3.05, 3.63) is 81.8 Å². The van der Waals surface area contributed by atoms with Crippen molar-refractivity contribution in [2.45, 2.75) is 13.8 Å². The number of methoxy groups -OCH3 is 1. The lowest BCUT2D eigenvalue weighted by molar-refractivity contribution is 0.0595. The molecule has 0 fully saturated rings. The Labute approximate surface area is 176 Å². The third kappa shape index (κ3) is 3.34. The van der Waals surface area contributed by atoms with Crippen LogP contribution in [0.1, 0.15) is 21.5 Å². The fourth-order valence-corrected chi connectivity index (χ4v) is 4.10. The number of rotatable bonds is 3. The van der Waals surface area contributed by atoms with Crippen molar-refractivity contribution >= 4 is 27.5 Å². The number of imidazole rings is 1. The molecule has 0 radical (unpaired) electrons. The van der Waals surface area contributed by atoms with Crippen LogP contribution in [0.4, 0.5) is 4.39 Å². The highest BCUT2D eigenvalue weighted by Gasteiger charge is 2.20. The number of carbonyl (C=O) groups is 1. The molecule has 0 spiro atoms. The van der Waals surface area contributed by atoms with E-state index in [1.165, 1.54) is 24.9 Å². The molecule has 0 N–H and O–H groups in total. The number of benzene rings is 2. The van der Waals surface area contributed by atoms with E-state index >= 15 is 0 Å². The van der Waals surface area contributed by atoms with Gasteiger partial charge in [-0.3, -0.25) is 4.40 Å². The maximum Gasteiger partial charge on any atom is 0.341 e. The highest BCUT2D eigenvalue weighted by molar-refractivity contribution is 9.10. The predicted octanol–water partition coefficient (Wildman–Crippen LogP) is 5.97. The van der Waals surface area contributed by atoms with Gasteiger partial charge in [-0.05, 0) is 52.5 Å². The van der Waals surface area contributed by atoms with E-state index in [-0.39, 0.29) is 5.56 Å². The topological polar surface area (TPSA) is 43.6 Å². The van der Waals surface area contributed by atoms with Gasteiger partial charge in [-0.2, -0.15) is 0 Å². The molecule has 0 saturated heterocycles. The Balaban J connectivity index is 1.94. The lowest BCUT2D eigenvalue weighted by atomic mass is 9.94. The van der Waals surface area contributed by atoms with E-state index in [4.69, 9.17) is 0 Å². The molecule has 4 nitrogen and oxygen atoms in total. The fraction of sp³-hybridized carbons (Fsp3) is 0.130. The maximum atomic E-state index is 14.4. The zero-order valence-electron chi connectivity index (χ0n) is 16.2. The van der Waals surface area contributed by atoms with Crippen molar-refractivity contribution in [1.82, 2.24) is 9.38 Å². The number of ether oxygens (including phenoxy) is 1. The first kappa shape index (κ1) is 19.3. The molecular weight excluding hydrogens is 435 g/mol. The molecule has 0 saturated carbocycles. The zero-order chi connectivity index (χ0) is 20.7. The number of aromatic nitrogens is 2. The van der Waals surface area contributed by atoms with Crippen molar-refractivity contribution in [2.24, 2.45) is 0 Å². The first-order valence-corrected chi connectivity index (χ1v) is 9.82. The van der Waals surface area contributed by atoms with Crippen LogP contribution in [0.15, 0.2) is 59.3 Å². The summed E-state index contributed by atoms with van der Waals surface area (Å²) in [6.45, 7) is 4.14. The molecular formula is C23H18BrFN2O2. The lowest BCUT2D eigenvalue weighted by Gasteiger charge is -2.12. The summed E-state index contributed by atoms with van der Waals surface area (Å²) >= 11 is 3.56. The molecule has 0 bridgehead atoms. The lowest BCUT2D eigenvalue weighted by Crippen LogP contribution is -2.06. The number of pyridine rings is 1. The van der Waals surface area contributed by atoms with Gasteiger partial charge in [0.15, 0.2) is 5.82 Å². The van der Waals surface area contributed by atoms with Gasteiger partial charge in [-0.15, -0.1) is 0 Å². The molecule has 2 aromatic heterocycles. The van der Waals surface area contributed by atoms with E-state index in [1.54, 1.807) is 4.40 Å². The van der Waals surface area contributed by atoms with Gasteiger partial charge < -0.3 is 4.74 Å². The van der Waals surface area contributed by atoms with Crippen LogP contribution >= 0.6 is 15.9 Å². The second kappa shape index (κ2) is 7.44. The number of esters is 1. The Bertz CT molecular complexity index is 1260. The molecule has 0 aliphatic heterocycles. The Morgan fingerprint density at radius 3 is 2.48 bits per heavy atom. The number of halogens is 2. The number of nitrogens with zero attached hydrogens (tertiary/aromatic N) is 2. The molecule has 29 heavy (non-hydrogen) atoms. The summed E-state index contributed by atoms with van der Waals surface area (Å²) in [4.78, 5) is 16.5. The molecule has 0 amide bonds.